The minimum atomic E-state index is -1.31. The molecule has 1 aromatic carbocycles. The first-order valence-corrected chi connectivity index (χ1v) is 9.58. The Morgan fingerprint density at radius 1 is 1.27 bits per heavy atom. The zero-order chi connectivity index (χ0) is 18.9. The maximum Gasteiger partial charge on any atom is 0.358 e. The van der Waals surface area contributed by atoms with Gasteiger partial charge in [-0.1, -0.05) is 30.3 Å². The van der Waals surface area contributed by atoms with Crippen molar-refractivity contribution in [2.75, 3.05) is 18.6 Å². The van der Waals surface area contributed by atoms with Crippen molar-refractivity contribution in [2.45, 2.75) is 26.7 Å². The molecule has 0 bridgehead atoms. The molecule has 1 heterocycles. The quantitative estimate of drug-likeness (QED) is 0.635. The molecular formula is C18H22N2O5S. The second kappa shape index (κ2) is 9.98. The van der Waals surface area contributed by atoms with Gasteiger partial charge in [-0.05, 0) is 18.7 Å². The summed E-state index contributed by atoms with van der Waals surface area (Å²) in [6, 6.07) is 9.22. The molecule has 0 aliphatic heterocycles. The lowest BCUT2D eigenvalue weighted by Crippen LogP contribution is -2.29. The van der Waals surface area contributed by atoms with Gasteiger partial charge in [-0.15, -0.1) is 0 Å². The molecule has 0 saturated heterocycles. The third kappa shape index (κ3) is 5.09. The summed E-state index contributed by atoms with van der Waals surface area (Å²) in [5, 5.41) is 9.45. The Balaban J connectivity index is 2.31. The Morgan fingerprint density at radius 2 is 2.00 bits per heavy atom. The summed E-state index contributed by atoms with van der Waals surface area (Å²) in [6.45, 7) is 2.79. The number of aromatic nitrogens is 2. The third-order valence-corrected chi connectivity index (χ3v) is 4.19. The molecule has 1 N–H and O–H groups in total. The van der Waals surface area contributed by atoms with E-state index in [1.165, 1.54) is 4.57 Å². The highest BCUT2D eigenvalue weighted by Crippen LogP contribution is 2.15. The summed E-state index contributed by atoms with van der Waals surface area (Å²) in [5.41, 5.74) is -0.0749. The van der Waals surface area contributed by atoms with Crippen molar-refractivity contribution >= 4 is 17.7 Å². The fraction of sp³-hybridized carbons (Fsp3) is 0.389. The second-order valence-electron chi connectivity index (χ2n) is 5.38. The Kier molecular flexibility index (Phi) is 7.68. The highest BCUT2D eigenvalue weighted by molar-refractivity contribution is 7.98. The first kappa shape index (κ1) is 20.0. The summed E-state index contributed by atoms with van der Waals surface area (Å²) in [7, 11) is 0. The van der Waals surface area contributed by atoms with Crippen LogP contribution in [0.15, 0.2) is 35.1 Å². The SMILES string of the molecule is CCn1c(COCCSC)nc(C(=O)O)c(OCc2ccccc2)c1=O. The smallest absolute Gasteiger partial charge is 0.358 e. The zero-order valence-corrected chi connectivity index (χ0v) is 15.6. The number of ether oxygens (including phenoxy) is 2. The lowest BCUT2D eigenvalue weighted by molar-refractivity contribution is 0.0680. The predicted molar refractivity (Wildman–Crippen MR) is 99.9 cm³/mol. The van der Waals surface area contributed by atoms with E-state index in [2.05, 4.69) is 4.98 Å². The van der Waals surface area contributed by atoms with Crippen LogP contribution in [0.4, 0.5) is 0 Å². The first-order valence-electron chi connectivity index (χ1n) is 8.18. The number of hydrogen-bond donors (Lipinski definition) is 1. The molecule has 0 radical (unpaired) electrons. The van der Waals surface area contributed by atoms with E-state index in [9.17, 15) is 14.7 Å². The summed E-state index contributed by atoms with van der Waals surface area (Å²) in [4.78, 5) is 28.4. The summed E-state index contributed by atoms with van der Waals surface area (Å²) in [6.07, 6.45) is 1.96. The number of nitrogens with zero attached hydrogens (tertiary/aromatic N) is 2. The van der Waals surface area contributed by atoms with Crippen LogP contribution in [-0.4, -0.2) is 39.2 Å². The Hall–Kier alpha value is -2.32. The van der Waals surface area contributed by atoms with Gasteiger partial charge in [0.05, 0.1) is 6.61 Å². The van der Waals surface area contributed by atoms with Crippen molar-refractivity contribution in [3.05, 3.63) is 57.8 Å². The van der Waals surface area contributed by atoms with E-state index in [0.29, 0.717) is 13.2 Å². The van der Waals surface area contributed by atoms with Crippen LogP contribution in [0.5, 0.6) is 5.75 Å². The highest BCUT2D eigenvalue weighted by Gasteiger charge is 2.22. The molecule has 0 unspecified atom stereocenters. The van der Waals surface area contributed by atoms with Gasteiger partial charge in [0, 0.05) is 12.3 Å². The standard InChI is InChI=1S/C18H22N2O5S/c1-3-20-14(12-24-9-10-26-2)19-15(18(22)23)16(17(20)21)25-11-13-7-5-4-6-8-13/h4-8H,3,9-12H2,1-2H3,(H,22,23). The van der Waals surface area contributed by atoms with Crippen LogP contribution in [0.1, 0.15) is 28.8 Å². The number of carboxylic acid groups (broad SMARTS) is 1. The molecule has 0 aliphatic carbocycles. The van der Waals surface area contributed by atoms with Crippen LogP contribution in [-0.2, 0) is 24.5 Å². The molecule has 0 saturated carbocycles. The highest BCUT2D eigenvalue weighted by atomic mass is 32.2. The molecule has 26 heavy (non-hydrogen) atoms. The van der Waals surface area contributed by atoms with E-state index in [0.717, 1.165) is 11.3 Å². The predicted octanol–water partition coefficient (Wildman–Crippen LogP) is 2.42. The average molecular weight is 378 g/mol. The van der Waals surface area contributed by atoms with Crippen LogP contribution in [0.3, 0.4) is 0 Å². The number of thioether (sulfide) groups is 1. The number of rotatable bonds is 10. The van der Waals surface area contributed by atoms with Gasteiger partial charge >= 0.3 is 5.97 Å². The van der Waals surface area contributed by atoms with Crippen LogP contribution in [0.25, 0.3) is 0 Å². The number of benzene rings is 1. The van der Waals surface area contributed by atoms with E-state index in [4.69, 9.17) is 9.47 Å². The van der Waals surface area contributed by atoms with Crippen LogP contribution < -0.4 is 10.3 Å². The maximum atomic E-state index is 12.7. The first-order chi connectivity index (χ1) is 12.6. The maximum absolute atomic E-state index is 12.7. The van der Waals surface area contributed by atoms with Crippen molar-refractivity contribution in [3.8, 4) is 5.75 Å². The molecule has 1 aromatic heterocycles. The van der Waals surface area contributed by atoms with Crippen LogP contribution >= 0.6 is 11.8 Å². The number of carbonyl (C=O) groups is 1. The molecule has 2 aromatic rings. The molecule has 8 heteroatoms. The van der Waals surface area contributed by atoms with E-state index in [-0.39, 0.29) is 30.5 Å². The Bertz CT molecular complexity index is 792. The van der Waals surface area contributed by atoms with Crippen molar-refractivity contribution in [1.82, 2.24) is 9.55 Å². The number of carboxylic acids is 1. The molecule has 2 rings (SSSR count). The van der Waals surface area contributed by atoms with Crippen LogP contribution in [0, 0.1) is 0 Å². The van der Waals surface area contributed by atoms with Gasteiger partial charge in [0.2, 0.25) is 5.75 Å². The van der Waals surface area contributed by atoms with E-state index in [1.54, 1.807) is 18.7 Å². The summed E-state index contributed by atoms with van der Waals surface area (Å²) >= 11 is 1.64. The lowest BCUT2D eigenvalue weighted by atomic mass is 10.2. The molecule has 0 atom stereocenters. The minimum Gasteiger partial charge on any atom is -0.481 e. The number of hydrogen-bond acceptors (Lipinski definition) is 6. The fourth-order valence-electron chi connectivity index (χ4n) is 2.33. The van der Waals surface area contributed by atoms with Crippen molar-refractivity contribution in [3.63, 3.8) is 0 Å². The molecule has 0 aliphatic rings. The van der Waals surface area contributed by atoms with Gasteiger partial charge in [0.1, 0.15) is 19.0 Å². The fourth-order valence-corrected chi connectivity index (χ4v) is 2.61. The van der Waals surface area contributed by atoms with Crippen molar-refractivity contribution in [2.24, 2.45) is 0 Å². The zero-order valence-electron chi connectivity index (χ0n) is 14.8. The van der Waals surface area contributed by atoms with Gasteiger partial charge in [0.15, 0.2) is 5.69 Å². The topological polar surface area (TPSA) is 90.7 Å². The number of aromatic carboxylic acids is 1. The van der Waals surface area contributed by atoms with E-state index in [1.807, 2.05) is 36.6 Å². The van der Waals surface area contributed by atoms with Crippen molar-refractivity contribution < 1.29 is 19.4 Å². The van der Waals surface area contributed by atoms with Gasteiger partial charge < -0.3 is 14.6 Å². The molecule has 0 fully saturated rings. The molecule has 0 spiro atoms. The summed E-state index contributed by atoms with van der Waals surface area (Å²) in [5.74, 6) is -0.474. The molecule has 7 nitrogen and oxygen atoms in total. The van der Waals surface area contributed by atoms with E-state index < -0.39 is 11.5 Å². The van der Waals surface area contributed by atoms with Gasteiger partial charge in [-0.2, -0.15) is 11.8 Å². The van der Waals surface area contributed by atoms with Gasteiger partial charge in [0.25, 0.3) is 5.56 Å². The van der Waals surface area contributed by atoms with Gasteiger partial charge in [-0.3, -0.25) is 9.36 Å². The lowest BCUT2D eigenvalue weighted by Gasteiger charge is -2.15. The minimum absolute atomic E-state index is 0.0723. The monoisotopic (exact) mass is 378 g/mol. The molecule has 140 valence electrons. The summed E-state index contributed by atoms with van der Waals surface area (Å²) < 4.78 is 12.4. The van der Waals surface area contributed by atoms with Gasteiger partial charge in [-0.25, -0.2) is 9.78 Å². The molecule has 0 amide bonds. The normalized spacial score (nSPS) is 10.7. The second-order valence-corrected chi connectivity index (χ2v) is 6.37. The van der Waals surface area contributed by atoms with E-state index >= 15 is 0 Å². The molecular weight excluding hydrogens is 356 g/mol. The van der Waals surface area contributed by atoms with Crippen molar-refractivity contribution in [1.29, 1.82) is 0 Å². The average Bonchev–Trinajstić information content (AvgIpc) is 2.64. The third-order valence-electron chi connectivity index (χ3n) is 3.61. The Labute approximate surface area is 156 Å². The largest absolute Gasteiger partial charge is 0.481 e. The Morgan fingerprint density at radius 3 is 2.62 bits per heavy atom. The van der Waals surface area contributed by atoms with Crippen LogP contribution in [0.2, 0.25) is 0 Å².